The van der Waals surface area contributed by atoms with Crippen LogP contribution in [-0.4, -0.2) is 0 Å². The third-order valence-electron chi connectivity index (χ3n) is 8.60. The molecule has 0 aromatic heterocycles. The molecule has 40 heavy (non-hydrogen) atoms. The Labute approximate surface area is 294 Å². The fourth-order valence-corrected chi connectivity index (χ4v) is 6.45. The first-order valence-corrected chi connectivity index (χ1v) is 14.8. The van der Waals surface area contributed by atoms with Crippen LogP contribution in [0.1, 0.15) is 95.9 Å². The number of fused-ring (bicyclic) bond motifs is 4. The molecule has 0 saturated heterocycles. The Kier molecular flexibility index (Phi) is 19.5. The van der Waals surface area contributed by atoms with Crippen LogP contribution in [0, 0.1) is 0 Å². The van der Waals surface area contributed by atoms with E-state index in [1.54, 1.807) is 44.5 Å². The second-order valence-corrected chi connectivity index (χ2v) is 11.1. The maximum absolute atomic E-state index is 2.26. The van der Waals surface area contributed by atoms with Crippen LogP contribution in [0.3, 0.4) is 0 Å². The van der Waals surface area contributed by atoms with Gasteiger partial charge in [0.05, 0.1) is 0 Å². The molecule has 0 atom stereocenters. The molecule has 0 aliphatic heterocycles. The number of hydrogen-bond acceptors (Lipinski definition) is 0. The maximum atomic E-state index is 2.26. The average Bonchev–Trinajstić information content (AvgIpc) is 3.76. The van der Waals surface area contributed by atoms with Crippen LogP contribution in [-0.2, 0) is 104 Å². The molecule has 212 valence electrons. The first kappa shape index (κ1) is 37.8. The van der Waals surface area contributed by atoms with Gasteiger partial charge in [-0.05, 0) is 0 Å². The first-order valence-electron chi connectivity index (χ1n) is 14.8. The smallest absolute Gasteiger partial charge is 1.00 e. The molecule has 0 fully saturated rings. The minimum atomic E-state index is 0. The summed E-state index contributed by atoms with van der Waals surface area (Å²) in [6, 6.07) is 26.8. The number of hydrogen-bond donors (Lipinski definition) is 0. The van der Waals surface area contributed by atoms with E-state index in [0.29, 0.717) is 0 Å². The van der Waals surface area contributed by atoms with Gasteiger partial charge in [0, 0.05) is 0 Å². The van der Waals surface area contributed by atoms with Gasteiger partial charge in [0.15, 0.2) is 0 Å². The van der Waals surface area contributed by atoms with E-state index in [1.165, 1.54) is 103 Å². The van der Waals surface area contributed by atoms with Crippen molar-refractivity contribution < 1.29 is 77.2 Å². The fourth-order valence-electron chi connectivity index (χ4n) is 6.45. The number of rotatable bonds is 0. The monoisotopic (exact) mass is 726 g/mol. The SMILES string of the molecule is [Cl-].[Cl-].[Zr+2].[Zr+2].c1cc2c([cH-]1)CCCC2.c1cc2c([cH-]1)CCCC2.c1cc2c([cH-]1)CCCC2.c1cc2c([cH-]1)CCCC2. The van der Waals surface area contributed by atoms with Gasteiger partial charge in [0.25, 0.3) is 0 Å². The summed E-state index contributed by atoms with van der Waals surface area (Å²) < 4.78 is 0. The van der Waals surface area contributed by atoms with Crippen LogP contribution in [0.5, 0.6) is 0 Å². The van der Waals surface area contributed by atoms with Gasteiger partial charge in [0.2, 0.25) is 0 Å². The summed E-state index contributed by atoms with van der Waals surface area (Å²) >= 11 is 0. The molecule has 0 saturated carbocycles. The summed E-state index contributed by atoms with van der Waals surface area (Å²) in [5.74, 6) is 0. The van der Waals surface area contributed by atoms with Crippen molar-refractivity contribution in [3.8, 4) is 0 Å². The van der Waals surface area contributed by atoms with Gasteiger partial charge >= 0.3 is 52.4 Å². The van der Waals surface area contributed by atoms with E-state index in [1.807, 2.05) is 0 Å². The molecule has 0 nitrogen and oxygen atoms in total. The summed E-state index contributed by atoms with van der Waals surface area (Å²) in [5, 5.41) is 0. The van der Waals surface area contributed by atoms with E-state index in [-0.39, 0.29) is 77.2 Å². The second kappa shape index (κ2) is 20.6. The van der Waals surface area contributed by atoms with Gasteiger partial charge in [-0.1, -0.05) is 103 Å². The van der Waals surface area contributed by atoms with Crippen molar-refractivity contribution in [1.82, 2.24) is 0 Å². The van der Waals surface area contributed by atoms with Crippen molar-refractivity contribution in [1.29, 1.82) is 0 Å². The van der Waals surface area contributed by atoms with Crippen LogP contribution in [0.2, 0.25) is 0 Å². The molecule has 0 N–H and O–H groups in total. The Morgan fingerprint density at radius 2 is 0.525 bits per heavy atom. The van der Waals surface area contributed by atoms with Crippen molar-refractivity contribution >= 4 is 0 Å². The number of halogens is 2. The van der Waals surface area contributed by atoms with E-state index in [2.05, 4.69) is 72.8 Å². The Morgan fingerprint density at radius 1 is 0.325 bits per heavy atom. The Bertz CT molecular complexity index is 908. The molecule has 4 aromatic carbocycles. The van der Waals surface area contributed by atoms with Gasteiger partial charge in [0.1, 0.15) is 0 Å². The third-order valence-corrected chi connectivity index (χ3v) is 8.60. The van der Waals surface area contributed by atoms with Crippen molar-refractivity contribution in [2.45, 2.75) is 103 Å². The molecule has 0 spiro atoms. The van der Waals surface area contributed by atoms with Gasteiger partial charge in [-0.25, -0.2) is 24.3 Å². The zero-order valence-corrected chi connectivity index (χ0v) is 30.4. The largest absolute Gasteiger partial charge is 2.00 e. The van der Waals surface area contributed by atoms with Crippen LogP contribution in [0.15, 0.2) is 72.8 Å². The summed E-state index contributed by atoms with van der Waals surface area (Å²) in [5.41, 5.74) is 12.8. The molecule has 4 aromatic rings. The molecule has 0 radical (unpaired) electrons. The van der Waals surface area contributed by atoms with E-state index in [9.17, 15) is 0 Å². The summed E-state index contributed by atoms with van der Waals surface area (Å²) in [4.78, 5) is 0. The third kappa shape index (κ3) is 11.1. The molecule has 8 rings (SSSR count). The Morgan fingerprint density at radius 3 is 0.725 bits per heavy atom. The second-order valence-electron chi connectivity index (χ2n) is 11.1. The molecule has 0 unspecified atom stereocenters. The van der Waals surface area contributed by atoms with Gasteiger partial charge in [-0.15, -0.1) is 0 Å². The van der Waals surface area contributed by atoms with Crippen molar-refractivity contribution in [3.05, 3.63) is 117 Å². The standard InChI is InChI=1S/4C9H11.2ClH.2Zr/c4*1-2-5-9-7-3-6-8(9)4-1;;;;/h4*3,6-7H,1-2,4-5H2;2*1H;;/q4*-1;;;2*+2/p-2. The molecular weight excluding hydrogens is 686 g/mol. The van der Waals surface area contributed by atoms with Gasteiger partial charge in [-0.3, -0.25) is 0 Å². The van der Waals surface area contributed by atoms with Crippen molar-refractivity contribution in [2.24, 2.45) is 0 Å². The summed E-state index contributed by atoms with van der Waals surface area (Å²) in [6.45, 7) is 0. The maximum Gasteiger partial charge on any atom is 2.00 e. The fraction of sp³-hybridized carbons (Fsp3) is 0.444. The van der Waals surface area contributed by atoms with E-state index in [4.69, 9.17) is 0 Å². The van der Waals surface area contributed by atoms with Crippen LogP contribution in [0.25, 0.3) is 0 Å². The number of aryl methyl sites for hydroxylation is 8. The summed E-state index contributed by atoms with van der Waals surface area (Å²) in [7, 11) is 0. The van der Waals surface area contributed by atoms with Crippen molar-refractivity contribution in [2.75, 3.05) is 0 Å². The molecule has 4 aliphatic rings. The van der Waals surface area contributed by atoms with Crippen LogP contribution >= 0.6 is 0 Å². The topological polar surface area (TPSA) is 0 Å². The predicted molar refractivity (Wildman–Crippen MR) is 155 cm³/mol. The molecule has 0 heterocycles. The van der Waals surface area contributed by atoms with E-state index >= 15 is 0 Å². The van der Waals surface area contributed by atoms with Crippen LogP contribution in [0.4, 0.5) is 0 Å². The zero-order chi connectivity index (χ0) is 24.4. The zero-order valence-electron chi connectivity index (χ0n) is 24.0. The summed E-state index contributed by atoms with van der Waals surface area (Å²) in [6.07, 6.45) is 21.8. The van der Waals surface area contributed by atoms with E-state index < -0.39 is 0 Å². The predicted octanol–water partition coefficient (Wildman–Crippen LogP) is 3.14. The molecule has 4 heteroatoms. The molecule has 0 bridgehead atoms. The Hall–Kier alpha value is -0.254. The molecule has 0 amide bonds. The molecule has 4 aliphatic carbocycles. The van der Waals surface area contributed by atoms with Crippen molar-refractivity contribution in [3.63, 3.8) is 0 Å². The minimum Gasteiger partial charge on any atom is -1.00 e. The molecular formula is C36H44Cl2Zr2-2. The first-order chi connectivity index (χ1) is 17.9. The normalized spacial score (nSPS) is 15.6. The average molecular weight is 730 g/mol. The van der Waals surface area contributed by atoms with Gasteiger partial charge in [-0.2, -0.15) is 93.0 Å². The minimum absolute atomic E-state index is 0. The van der Waals surface area contributed by atoms with E-state index in [0.717, 1.165) is 0 Å². The van der Waals surface area contributed by atoms with Gasteiger partial charge < -0.3 is 24.8 Å². The quantitative estimate of drug-likeness (QED) is 0.245. The van der Waals surface area contributed by atoms with Crippen LogP contribution < -0.4 is 24.8 Å². The Balaban J connectivity index is 0.000000258.